The van der Waals surface area contributed by atoms with Crippen LogP contribution in [0.15, 0.2) is 42.5 Å². The molecule has 2 aromatic carbocycles. The fraction of sp³-hybridized carbons (Fsp3) is 0.409. The highest BCUT2D eigenvalue weighted by Crippen LogP contribution is 2.25. The van der Waals surface area contributed by atoms with Crippen LogP contribution in [0.2, 0.25) is 0 Å². The minimum Gasteiger partial charge on any atom is -0.497 e. The summed E-state index contributed by atoms with van der Waals surface area (Å²) in [5, 5.41) is 2.81. The molecule has 0 unspecified atom stereocenters. The Bertz CT molecular complexity index is 1010. The predicted molar refractivity (Wildman–Crippen MR) is 119 cm³/mol. The number of hydrogen-bond donors (Lipinski definition) is 1. The normalized spacial score (nSPS) is 14.1. The first-order valence-electron chi connectivity index (χ1n) is 9.99. The van der Waals surface area contributed by atoms with Crippen molar-refractivity contribution in [1.29, 1.82) is 0 Å². The van der Waals surface area contributed by atoms with Gasteiger partial charge in [-0.15, -0.1) is 0 Å². The number of fused-ring (bicyclic) bond motifs is 1. The number of carbonyl (C=O) groups is 1. The molecule has 8 heteroatoms. The zero-order valence-electron chi connectivity index (χ0n) is 17.7. The Morgan fingerprint density at radius 2 is 1.97 bits per heavy atom. The number of carbonyl (C=O) groups excluding carboxylic acids is 1. The van der Waals surface area contributed by atoms with Crippen LogP contribution in [0.25, 0.3) is 0 Å². The molecule has 1 heterocycles. The van der Waals surface area contributed by atoms with Gasteiger partial charge in [0.25, 0.3) is 5.91 Å². The van der Waals surface area contributed by atoms with Crippen LogP contribution < -0.4 is 15.0 Å². The van der Waals surface area contributed by atoms with Gasteiger partial charge in [0, 0.05) is 45.0 Å². The fourth-order valence-corrected chi connectivity index (χ4v) is 4.95. The molecule has 2 aromatic rings. The highest BCUT2D eigenvalue weighted by atomic mass is 32.2. The van der Waals surface area contributed by atoms with Gasteiger partial charge in [-0.1, -0.05) is 12.1 Å². The summed E-state index contributed by atoms with van der Waals surface area (Å²) in [5.74, 6) is 0.602. The van der Waals surface area contributed by atoms with E-state index in [2.05, 4.69) is 5.32 Å². The molecule has 7 nitrogen and oxygen atoms in total. The molecule has 0 bridgehead atoms. The number of sulfonamides is 1. The summed E-state index contributed by atoms with van der Waals surface area (Å²) in [4.78, 5) is 14.3. The molecule has 1 N–H and O–H groups in total. The topological polar surface area (TPSA) is 79.0 Å². The third kappa shape index (κ3) is 5.31. The average Bonchev–Trinajstić information content (AvgIpc) is 2.75. The number of hydrogen-bond acceptors (Lipinski definition) is 5. The van der Waals surface area contributed by atoms with E-state index in [0.29, 0.717) is 38.0 Å². The van der Waals surface area contributed by atoms with Crippen LogP contribution in [0, 0.1) is 0 Å². The molecule has 0 aliphatic carbocycles. The van der Waals surface area contributed by atoms with Gasteiger partial charge in [-0.3, -0.25) is 4.79 Å². The molecular weight excluding hydrogens is 402 g/mol. The fourth-order valence-electron chi connectivity index (χ4n) is 3.48. The summed E-state index contributed by atoms with van der Waals surface area (Å²) in [5.41, 5.74) is 3.65. The first-order chi connectivity index (χ1) is 14.3. The second-order valence-corrected chi connectivity index (χ2v) is 9.68. The van der Waals surface area contributed by atoms with Crippen molar-refractivity contribution in [3.8, 4) is 5.75 Å². The number of nitrogens with one attached hydrogen (secondary N) is 1. The summed E-state index contributed by atoms with van der Waals surface area (Å²) in [6, 6.07) is 13.1. The van der Waals surface area contributed by atoms with Crippen LogP contribution in [0.1, 0.15) is 27.9 Å². The van der Waals surface area contributed by atoms with E-state index in [1.54, 1.807) is 13.2 Å². The molecule has 3 rings (SSSR count). The Labute approximate surface area is 178 Å². The quantitative estimate of drug-likeness (QED) is 0.649. The lowest BCUT2D eigenvalue weighted by Crippen LogP contribution is -2.38. The molecule has 0 radical (unpaired) electrons. The van der Waals surface area contributed by atoms with Crippen LogP contribution in [0.3, 0.4) is 0 Å². The van der Waals surface area contributed by atoms with E-state index in [-0.39, 0.29) is 11.7 Å². The molecule has 1 amide bonds. The number of amides is 1. The van der Waals surface area contributed by atoms with Crippen molar-refractivity contribution in [2.75, 3.05) is 44.9 Å². The Balaban J connectivity index is 1.50. The van der Waals surface area contributed by atoms with E-state index in [1.165, 1.54) is 4.31 Å². The SMILES string of the molecule is COc1ccc2c(c1)CCN(S(=O)(=O)CCCNC(=O)c1cccc(N(C)C)c1)C2. The maximum atomic E-state index is 12.7. The second kappa shape index (κ2) is 9.49. The Hall–Kier alpha value is -2.58. The van der Waals surface area contributed by atoms with Gasteiger partial charge in [0.2, 0.25) is 10.0 Å². The lowest BCUT2D eigenvalue weighted by atomic mass is 10.0. The first-order valence-corrected chi connectivity index (χ1v) is 11.6. The average molecular weight is 432 g/mol. The molecule has 0 aromatic heterocycles. The monoisotopic (exact) mass is 431 g/mol. The Morgan fingerprint density at radius 1 is 1.17 bits per heavy atom. The lowest BCUT2D eigenvalue weighted by molar-refractivity contribution is 0.0953. The highest BCUT2D eigenvalue weighted by Gasteiger charge is 2.26. The van der Waals surface area contributed by atoms with E-state index in [9.17, 15) is 13.2 Å². The van der Waals surface area contributed by atoms with Crippen molar-refractivity contribution in [1.82, 2.24) is 9.62 Å². The minimum absolute atomic E-state index is 0.0104. The maximum absolute atomic E-state index is 12.7. The van der Waals surface area contributed by atoms with Crippen molar-refractivity contribution < 1.29 is 17.9 Å². The summed E-state index contributed by atoms with van der Waals surface area (Å²) in [7, 11) is 2.07. The molecule has 1 aliphatic rings. The van der Waals surface area contributed by atoms with Crippen molar-refractivity contribution >= 4 is 21.6 Å². The predicted octanol–water partition coefficient (Wildman–Crippen LogP) is 2.27. The minimum atomic E-state index is -3.38. The molecule has 0 saturated heterocycles. The van der Waals surface area contributed by atoms with Gasteiger partial charge < -0.3 is 15.0 Å². The smallest absolute Gasteiger partial charge is 0.251 e. The summed E-state index contributed by atoms with van der Waals surface area (Å²) in [6.45, 7) is 1.16. The van der Waals surface area contributed by atoms with Gasteiger partial charge in [-0.05, 0) is 54.3 Å². The Morgan fingerprint density at radius 3 is 2.70 bits per heavy atom. The van der Waals surface area contributed by atoms with Gasteiger partial charge in [0.05, 0.1) is 12.9 Å². The van der Waals surface area contributed by atoms with Crippen molar-refractivity contribution in [2.45, 2.75) is 19.4 Å². The maximum Gasteiger partial charge on any atom is 0.251 e. The van der Waals surface area contributed by atoms with Gasteiger partial charge >= 0.3 is 0 Å². The number of benzene rings is 2. The summed E-state index contributed by atoms with van der Waals surface area (Å²) >= 11 is 0. The molecule has 0 spiro atoms. The van der Waals surface area contributed by atoms with Gasteiger partial charge in [0.1, 0.15) is 5.75 Å². The Kier molecular flexibility index (Phi) is 6.99. The molecule has 0 saturated carbocycles. The largest absolute Gasteiger partial charge is 0.497 e. The number of ether oxygens (including phenoxy) is 1. The van der Waals surface area contributed by atoms with E-state index in [0.717, 1.165) is 22.6 Å². The third-order valence-electron chi connectivity index (χ3n) is 5.27. The van der Waals surface area contributed by atoms with Gasteiger partial charge in [-0.25, -0.2) is 8.42 Å². The van der Waals surface area contributed by atoms with E-state index < -0.39 is 10.0 Å². The zero-order chi connectivity index (χ0) is 21.7. The number of anilines is 1. The highest BCUT2D eigenvalue weighted by molar-refractivity contribution is 7.89. The molecule has 0 fully saturated rings. The van der Waals surface area contributed by atoms with Crippen molar-refractivity contribution in [3.63, 3.8) is 0 Å². The first kappa shape index (κ1) is 22.1. The van der Waals surface area contributed by atoms with E-state index >= 15 is 0 Å². The number of nitrogens with zero attached hydrogens (tertiary/aromatic N) is 2. The number of methoxy groups -OCH3 is 1. The van der Waals surface area contributed by atoms with Crippen LogP contribution in [0.4, 0.5) is 5.69 Å². The van der Waals surface area contributed by atoms with E-state index in [1.807, 2.05) is 55.4 Å². The molecule has 162 valence electrons. The van der Waals surface area contributed by atoms with Crippen LogP contribution in [0.5, 0.6) is 5.75 Å². The molecule has 0 atom stereocenters. The summed E-state index contributed by atoms with van der Waals surface area (Å²) < 4.78 is 32.2. The van der Waals surface area contributed by atoms with Gasteiger partial charge in [0.15, 0.2) is 0 Å². The van der Waals surface area contributed by atoms with Gasteiger partial charge in [-0.2, -0.15) is 4.31 Å². The standard InChI is InChI=1S/C22H29N3O4S/c1-24(2)20-7-4-6-18(14-20)22(26)23-11-5-13-30(27,28)25-12-10-17-15-21(29-3)9-8-19(17)16-25/h4,6-9,14-15H,5,10-13,16H2,1-3H3,(H,23,26). The lowest BCUT2D eigenvalue weighted by Gasteiger charge is -2.28. The van der Waals surface area contributed by atoms with Crippen LogP contribution in [-0.4, -0.2) is 58.7 Å². The molecular formula is C22H29N3O4S. The molecule has 30 heavy (non-hydrogen) atoms. The van der Waals surface area contributed by atoms with Crippen LogP contribution >= 0.6 is 0 Å². The third-order valence-corrected chi connectivity index (χ3v) is 7.18. The molecule has 1 aliphatic heterocycles. The summed E-state index contributed by atoms with van der Waals surface area (Å²) in [6.07, 6.45) is 1.04. The number of rotatable bonds is 8. The van der Waals surface area contributed by atoms with Crippen molar-refractivity contribution in [3.05, 3.63) is 59.2 Å². The van der Waals surface area contributed by atoms with Crippen LogP contribution in [-0.2, 0) is 23.0 Å². The van der Waals surface area contributed by atoms with Crippen molar-refractivity contribution in [2.24, 2.45) is 0 Å². The zero-order valence-corrected chi connectivity index (χ0v) is 18.5. The second-order valence-electron chi connectivity index (χ2n) is 7.59. The van der Waals surface area contributed by atoms with E-state index in [4.69, 9.17) is 4.74 Å².